The van der Waals surface area contributed by atoms with Crippen LogP contribution in [0.4, 0.5) is 0 Å². The van der Waals surface area contributed by atoms with Crippen molar-refractivity contribution >= 4 is 15.9 Å². The second-order valence-electron chi connectivity index (χ2n) is 6.55. The average molecular weight is 357 g/mol. The van der Waals surface area contributed by atoms with Crippen molar-refractivity contribution in [2.45, 2.75) is 51.1 Å². The number of amides is 1. The summed E-state index contributed by atoms with van der Waals surface area (Å²) in [5.74, 6) is 0.0418. The van der Waals surface area contributed by atoms with Crippen LogP contribution in [0.2, 0.25) is 0 Å². The van der Waals surface area contributed by atoms with E-state index in [9.17, 15) is 13.2 Å². The third-order valence-corrected chi connectivity index (χ3v) is 6.38. The number of nitrogens with zero attached hydrogens (tertiary/aromatic N) is 2. The molecule has 1 saturated heterocycles. The Bertz CT molecular complexity index is 713. The average Bonchev–Trinajstić information content (AvgIpc) is 2.74. The lowest BCUT2D eigenvalue weighted by molar-refractivity contribution is -0.123. The fourth-order valence-electron chi connectivity index (χ4n) is 2.98. The smallest absolute Gasteiger partial charge is 0.244 e. The van der Waals surface area contributed by atoms with Gasteiger partial charge in [0.25, 0.3) is 0 Å². The summed E-state index contributed by atoms with van der Waals surface area (Å²) < 4.78 is 29.2. The van der Waals surface area contributed by atoms with E-state index in [1.54, 1.807) is 27.8 Å². The van der Waals surface area contributed by atoms with Gasteiger partial charge in [0.2, 0.25) is 15.9 Å². The van der Waals surface area contributed by atoms with E-state index in [0.29, 0.717) is 23.9 Å². The van der Waals surface area contributed by atoms with Crippen LogP contribution in [-0.2, 0) is 21.9 Å². The third kappa shape index (κ3) is 3.96. The molecule has 1 fully saturated rings. The van der Waals surface area contributed by atoms with Gasteiger partial charge in [-0.3, -0.25) is 9.48 Å². The van der Waals surface area contributed by atoms with Crippen molar-refractivity contribution in [1.82, 2.24) is 25.1 Å². The zero-order valence-corrected chi connectivity index (χ0v) is 15.7. The molecule has 1 aromatic heterocycles. The van der Waals surface area contributed by atoms with Crippen molar-refractivity contribution in [3.8, 4) is 0 Å². The van der Waals surface area contributed by atoms with Gasteiger partial charge < -0.3 is 10.6 Å². The molecule has 3 atom stereocenters. The zero-order chi connectivity index (χ0) is 18.1. The van der Waals surface area contributed by atoms with E-state index in [1.807, 2.05) is 0 Å². The Kier molecular flexibility index (Phi) is 5.67. The van der Waals surface area contributed by atoms with Crippen LogP contribution in [0.15, 0.2) is 4.90 Å². The van der Waals surface area contributed by atoms with E-state index in [4.69, 9.17) is 0 Å². The normalized spacial score (nSPS) is 23.0. The van der Waals surface area contributed by atoms with Gasteiger partial charge in [0.05, 0.1) is 17.4 Å². The molecule has 2 heterocycles. The van der Waals surface area contributed by atoms with Crippen LogP contribution in [0.5, 0.6) is 0 Å². The molecule has 0 aliphatic carbocycles. The SMILES string of the molecule is Cc1nn(C)c(C)c1S(=O)(=O)NC(C)C(=O)NC1CNCCC1C. The molecular weight excluding hydrogens is 330 g/mol. The first-order valence-corrected chi connectivity index (χ1v) is 9.65. The molecule has 1 aliphatic heterocycles. The minimum Gasteiger partial charge on any atom is -0.350 e. The largest absolute Gasteiger partial charge is 0.350 e. The lowest BCUT2D eigenvalue weighted by Crippen LogP contribution is -2.54. The summed E-state index contributed by atoms with van der Waals surface area (Å²) >= 11 is 0. The molecule has 1 amide bonds. The number of aromatic nitrogens is 2. The first-order chi connectivity index (χ1) is 11.1. The molecule has 2 rings (SSSR count). The molecule has 1 aliphatic rings. The predicted molar refractivity (Wildman–Crippen MR) is 91.0 cm³/mol. The van der Waals surface area contributed by atoms with Gasteiger partial charge in [0, 0.05) is 19.6 Å². The maximum atomic E-state index is 12.6. The summed E-state index contributed by atoms with van der Waals surface area (Å²) in [6.07, 6.45) is 0.985. The highest BCUT2D eigenvalue weighted by Gasteiger charge is 2.30. The lowest BCUT2D eigenvalue weighted by Gasteiger charge is -2.31. The molecule has 8 nitrogen and oxygen atoms in total. The maximum Gasteiger partial charge on any atom is 0.244 e. The Morgan fingerprint density at radius 3 is 2.62 bits per heavy atom. The number of nitrogens with one attached hydrogen (secondary N) is 3. The minimum atomic E-state index is -3.81. The Hall–Kier alpha value is -1.45. The highest BCUT2D eigenvalue weighted by Crippen LogP contribution is 2.18. The van der Waals surface area contributed by atoms with Crippen LogP contribution >= 0.6 is 0 Å². The zero-order valence-electron chi connectivity index (χ0n) is 14.9. The Morgan fingerprint density at radius 1 is 1.42 bits per heavy atom. The standard InChI is InChI=1S/C15H27N5O3S/c1-9-6-7-16-8-13(9)17-15(21)11(3)19-24(22,23)14-10(2)18-20(5)12(14)4/h9,11,13,16,19H,6-8H2,1-5H3,(H,17,21). The fourth-order valence-corrected chi connectivity index (χ4v) is 4.62. The summed E-state index contributed by atoms with van der Waals surface area (Å²) in [6.45, 7) is 8.61. The van der Waals surface area contributed by atoms with Crippen LogP contribution < -0.4 is 15.4 Å². The molecular formula is C15H27N5O3S. The number of sulfonamides is 1. The van der Waals surface area contributed by atoms with Crippen molar-refractivity contribution in [2.24, 2.45) is 13.0 Å². The van der Waals surface area contributed by atoms with E-state index in [0.717, 1.165) is 13.0 Å². The molecule has 3 N–H and O–H groups in total. The van der Waals surface area contributed by atoms with Crippen LogP contribution in [0.3, 0.4) is 0 Å². The van der Waals surface area contributed by atoms with Gasteiger partial charge in [-0.25, -0.2) is 8.42 Å². The molecule has 1 aromatic rings. The number of carbonyl (C=O) groups is 1. The number of hydrogen-bond acceptors (Lipinski definition) is 5. The molecule has 0 aromatic carbocycles. The quantitative estimate of drug-likeness (QED) is 0.678. The van der Waals surface area contributed by atoms with E-state index in [2.05, 4.69) is 27.4 Å². The van der Waals surface area contributed by atoms with E-state index >= 15 is 0 Å². The molecule has 9 heteroatoms. The third-order valence-electron chi connectivity index (χ3n) is 4.59. The first kappa shape index (κ1) is 18.9. The van der Waals surface area contributed by atoms with Gasteiger partial charge in [-0.2, -0.15) is 9.82 Å². The van der Waals surface area contributed by atoms with Crippen LogP contribution in [0.25, 0.3) is 0 Å². The topological polar surface area (TPSA) is 105 Å². The molecule has 136 valence electrons. The van der Waals surface area contributed by atoms with E-state index < -0.39 is 16.1 Å². The summed E-state index contributed by atoms with van der Waals surface area (Å²) in [4.78, 5) is 12.5. The van der Waals surface area contributed by atoms with Gasteiger partial charge in [-0.05, 0) is 39.7 Å². The van der Waals surface area contributed by atoms with Gasteiger partial charge in [0.1, 0.15) is 4.90 Å². The fraction of sp³-hybridized carbons (Fsp3) is 0.733. The van der Waals surface area contributed by atoms with Crippen molar-refractivity contribution in [3.63, 3.8) is 0 Å². The highest BCUT2D eigenvalue weighted by atomic mass is 32.2. The monoisotopic (exact) mass is 357 g/mol. The van der Waals surface area contributed by atoms with Gasteiger partial charge in [0.15, 0.2) is 0 Å². The summed E-state index contributed by atoms with van der Waals surface area (Å²) in [5, 5.41) is 10.3. The van der Waals surface area contributed by atoms with Crippen LogP contribution in [-0.4, -0.2) is 49.3 Å². The highest BCUT2D eigenvalue weighted by molar-refractivity contribution is 7.89. The summed E-state index contributed by atoms with van der Waals surface area (Å²) in [7, 11) is -2.12. The van der Waals surface area contributed by atoms with E-state index in [-0.39, 0.29) is 16.8 Å². The van der Waals surface area contributed by atoms with Crippen LogP contribution in [0.1, 0.15) is 31.7 Å². The lowest BCUT2D eigenvalue weighted by atomic mass is 9.94. The molecule has 0 bridgehead atoms. The second-order valence-corrected chi connectivity index (χ2v) is 8.20. The minimum absolute atomic E-state index is 0.0140. The predicted octanol–water partition coefficient (Wildman–Crippen LogP) is -0.182. The summed E-state index contributed by atoms with van der Waals surface area (Å²) in [6, 6.07) is -0.844. The Balaban J connectivity index is 2.07. The van der Waals surface area contributed by atoms with Gasteiger partial charge in [-0.1, -0.05) is 6.92 Å². The second kappa shape index (κ2) is 7.20. The summed E-state index contributed by atoms with van der Waals surface area (Å²) in [5.41, 5.74) is 0.956. The van der Waals surface area contributed by atoms with Gasteiger partial charge in [-0.15, -0.1) is 0 Å². The molecule has 3 unspecified atom stereocenters. The maximum absolute atomic E-state index is 12.6. The van der Waals surface area contributed by atoms with Crippen LogP contribution in [0, 0.1) is 19.8 Å². The van der Waals surface area contributed by atoms with Crippen molar-refractivity contribution in [2.75, 3.05) is 13.1 Å². The molecule has 0 saturated carbocycles. The Morgan fingerprint density at radius 2 is 2.08 bits per heavy atom. The first-order valence-electron chi connectivity index (χ1n) is 8.17. The van der Waals surface area contributed by atoms with Crippen molar-refractivity contribution in [1.29, 1.82) is 0 Å². The van der Waals surface area contributed by atoms with Crippen molar-refractivity contribution in [3.05, 3.63) is 11.4 Å². The number of hydrogen-bond donors (Lipinski definition) is 3. The Labute approximate surface area is 143 Å². The number of carbonyl (C=O) groups excluding carboxylic acids is 1. The molecule has 0 radical (unpaired) electrons. The molecule has 0 spiro atoms. The number of aryl methyl sites for hydroxylation is 2. The number of piperidine rings is 1. The van der Waals surface area contributed by atoms with E-state index in [1.165, 1.54) is 4.68 Å². The number of rotatable bonds is 5. The van der Waals surface area contributed by atoms with Crippen molar-refractivity contribution < 1.29 is 13.2 Å². The van der Waals surface area contributed by atoms with Gasteiger partial charge >= 0.3 is 0 Å². The molecule has 24 heavy (non-hydrogen) atoms.